The van der Waals surface area contributed by atoms with Crippen LogP contribution in [0, 0.1) is 22.9 Å². The van der Waals surface area contributed by atoms with Crippen LogP contribution in [0.4, 0.5) is 15.8 Å². The van der Waals surface area contributed by atoms with Crippen LogP contribution in [0.15, 0.2) is 42.5 Å². The van der Waals surface area contributed by atoms with Crippen molar-refractivity contribution in [1.29, 1.82) is 0 Å². The van der Waals surface area contributed by atoms with Gasteiger partial charge < -0.3 is 10.6 Å². The molecule has 0 saturated carbocycles. The maximum absolute atomic E-state index is 12.9. The molecule has 0 saturated heterocycles. The molecule has 0 aliphatic carbocycles. The Balaban J connectivity index is 1.86. The lowest BCUT2D eigenvalue weighted by Crippen LogP contribution is -2.40. The van der Waals surface area contributed by atoms with E-state index in [2.05, 4.69) is 10.6 Å². The molecule has 0 spiro atoms. The van der Waals surface area contributed by atoms with Gasteiger partial charge in [-0.15, -0.1) is 0 Å². The standard InChI is InChI=1S/C20H23FN4O4/c1-3-24(12-19(26)22-11-15-5-7-16(21)8-6-15)13-20(27)23-17-9-4-14(2)18(10-17)25(28)29/h4-10H,3,11-13H2,1-2H3,(H,22,26)(H,23,27). The minimum atomic E-state index is -0.505. The molecule has 8 nitrogen and oxygen atoms in total. The van der Waals surface area contributed by atoms with Gasteiger partial charge in [-0.2, -0.15) is 0 Å². The first-order chi connectivity index (χ1) is 13.8. The third kappa shape index (κ3) is 6.96. The Morgan fingerprint density at radius 1 is 1.10 bits per heavy atom. The Morgan fingerprint density at radius 3 is 2.38 bits per heavy atom. The molecule has 0 aliphatic rings. The average molecular weight is 402 g/mol. The molecule has 0 aromatic heterocycles. The van der Waals surface area contributed by atoms with E-state index < -0.39 is 4.92 Å². The van der Waals surface area contributed by atoms with Crippen LogP contribution in [-0.2, 0) is 16.1 Å². The number of carbonyl (C=O) groups is 2. The number of rotatable bonds is 9. The van der Waals surface area contributed by atoms with Crippen molar-refractivity contribution in [3.05, 3.63) is 69.5 Å². The highest BCUT2D eigenvalue weighted by molar-refractivity contribution is 5.93. The Labute approximate surface area is 167 Å². The fourth-order valence-corrected chi connectivity index (χ4v) is 2.63. The number of nitro groups is 1. The number of nitrogens with zero attached hydrogens (tertiary/aromatic N) is 2. The summed E-state index contributed by atoms with van der Waals surface area (Å²) in [6, 6.07) is 10.3. The number of nitro benzene ring substituents is 1. The van der Waals surface area contributed by atoms with Gasteiger partial charge >= 0.3 is 0 Å². The third-order valence-electron chi connectivity index (χ3n) is 4.27. The molecule has 0 unspecified atom stereocenters. The van der Waals surface area contributed by atoms with Gasteiger partial charge in [0.05, 0.1) is 18.0 Å². The summed E-state index contributed by atoms with van der Waals surface area (Å²) in [4.78, 5) is 36.5. The molecule has 2 N–H and O–H groups in total. The van der Waals surface area contributed by atoms with E-state index in [1.807, 2.05) is 6.92 Å². The van der Waals surface area contributed by atoms with E-state index in [1.165, 1.54) is 18.2 Å². The highest BCUT2D eigenvalue weighted by Crippen LogP contribution is 2.22. The summed E-state index contributed by atoms with van der Waals surface area (Å²) < 4.78 is 12.9. The molecule has 154 valence electrons. The molecule has 0 fully saturated rings. The van der Waals surface area contributed by atoms with Gasteiger partial charge in [0.25, 0.3) is 5.69 Å². The smallest absolute Gasteiger partial charge is 0.274 e. The Bertz CT molecular complexity index is 887. The van der Waals surface area contributed by atoms with Crippen LogP contribution in [0.5, 0.6) is 0 Å². The lowest BCUT2D eigenvalue weighted by molar-refractivity contribution is -0.385. The highest BCUT2D eigenvalue weighted by atomic mass is 19.1. The van der Waals surface area contributed by atoms with E-state index in [1.54, 1.807) is 36.1 Å². The van der Waals surface area contributed by atoms with Crippen molar-refractivity contribution < 1.29 is 18.9 Å². The average Bonchev–Trinajstić information content (AvgIpc) is 2.68. The zero-order chi connectivity index (χ0) is 21.4. The zero-order valence-electron chi connectivity index (χ0n) is 16.3. The second kappa shape index (κ2) is 10.3. The zero-order valence-corrected chi connectivity index (χ0v) is 16.3. The van der Waals surface area contributed by atoms with E-state index in [0.717, 1.165) is 5.56 Å². The molecule has 0 bridgehead atoms. The number of carbonyl (C=O) groups excluding carboxylic acids is 2. The fraction of sp³-hybridized carbons (Fsp3) is 0.300. The van der Waals surface area contributed by atoms with Crippen LogP contribution in [0.1, 0.15) is 18.1 Å². The lowest BCUT2D eigenvalue weighted by atomic mass is 10.2. The molecule has 0 aliphatic heterocycles. The fourth-order valence-electron chi connectivity index (χ4n) is 2.63. The van der Waals surface area contributed by atoms with Crippen molar-refractivity contribution in [2.24, 2.45) is 0 Å². The van der Waals surface area contributed by atoms with Gasteiger partial charge in [0.15, 0.2) is 0 Å². The third-order valence-corrected chi connectivity index (χ3v) is 4.27. The van der Waals surface area contributed by atoms with Crippen LogP contribution in [0.2, 0.25) is 0 Å². The van der Waals surface area contributed by atoms with E-state index in [-0.39, 0.29) is 43.0 Å². The maximum atomic E-state index is 12.9. The van der Waals surface area contributed by atoms with Gasteiger partial charge in [0.1, 0.15) is 5.82 Å². The number of nitrogens with one attached hydrogen (secondary N) is 2. The first-order valence-electron chi connectivity index (χ1n) is 9.07. The van der Waals surface area contributed by atoms with Crippen molar-refractivity contribution in [3.63, 3.8) is 0 Å². The topological polar surface area (TPSA) is 105 Å². The van der Waals surface area contributed by atoms with Crippen molar-refractivity contribution in [1.82, 2.24) is 10.2 Å². The number of hydrogen-bond acceptors (Lipinski definition) is 5. The summed E-state index contributed by atoms with van der Waals surface area (Å²) in [7, 11) is 0. The maximum Gasteiger partial charge on any atom is 0.274 e. The summed E-state index contributed by atoms with van der Waals surface area (Å²) in [5, 5.41) is 16.3. The molecule has 2 aromatic carbocycles. The number of anilines is 1. The van der Waals surface area contributed by atoms with E-state index in [9.17, 15) is 24.1 Å². The van der Waals surface area contributed by atoms with Gasteiger partial charge in [-0.05, 0) is 37.2 Å². The molecule has 2 rings (SSSR count). The Morgan fingerprint density at radius 2 is 1.76 bits per heavy atom. The predicted molar refractivity (Wildman–Crippen MR) is 107 cm³/mol. The van der Waals surface area contributed by atoms with Gasteiger partial charge in [-0.1, -0.05) is 25.1 Å². The van der Waals surface area contributed by atoms with Crippen LogP contribution in [0.25, 0.3) is 0 Å². The second-order valence-corrected chi connectivity index (χ2v) is 6.51. The normalized spacial score (nSPS) is 10.6. The first-order valence-corrected chi connectivity index (χ1v) is 9.07. The molecule has 0 radical (unpaired) electrons. The number of halogens is 1. The molecule has 0 atom stereocenters. The Kier molecular flexibility index (Phi) is 7.79. The predicted octanol–water partition coefficient (Wildman–Crippen LogP) is 2.62. The molecular weight excluding hydrogens is 379 g/mol. The summed E-state index contributed by atoms with van der Waals surface area (Å²) in [5.74, 6) is -0.992. The minimum Gasteiger partial charge on any atom is -0.351 e. The van der Waals surface area contributed by atoms with Crippen LogP contribution in [-0.4, -0.2) is 41.3 Å². The van der Waals surface area contributed by atoms with Crippen LogP contribution in [0.3, 0.4) is 0 Å². The van der Waals surface area contributed by atoms with Crippen molar-refractivity contribution >= 4 is 23.2 Å². The molecule has 2 amide bonds. The number of likely N-dealkylation sites (N-methyl/N-ethyl adjacent to an activating group) is 1. The van der Waals surface area contributed by atoms with Crippen molar-refractivity contribution in [3.8, 4) is 0 Å². The van der Waals surface area contributed by atoms with Gasteiger partial charge in [0, 0.05) is 23.9 Å². The quantitative estimate of drug-likeness (QED) is 0.496. The second-order valence-electron chi connectivity index (χ2n) is 6.51. The highest BCUT2D eigenvalue weighted by Gasteiger charge is 2.15. The molecule has 9 heteroatoms. The number of aryl methyl sites for hydroxylation is 1. The van der Waals surface area contributed by atoms with E-state index in [0.29, 0.717) is 17.8 Å². The lowest BCUT2D eigenvalue weighted by Gasteiger charge is -2.19. The number of benzene rings is 2. The number of hydrogen-bond donors (Lipinski definition) is 2. The van der Waals surface area contributed by atoms with Gasteiger partial charge in [0.2, 0.25) is 11.8 Å². The molecule has 29 heavy (non-hydrogen) atoms. The molecular formula is C20H23FN4O4. The summed E-state index contributed by atoms with van der Waals surface area (Å²) in [6.45, 7) is 4.13. The SMILES string of the molecule is CCN(CC(=O)NCc1ccc(F)cc1)CC(=O)Nc1ccc(C)c([N+](=O)[O-])c1. The largest absolute Gasteiger partial charge is 0.351 e. The van der Waals surface area contributed by atoms with Crippen molar-refractivity contribution in [2.75, 3.05) is 25.0 Å². The van der Waals surface area contributed by atoms with Crippen LogP contribution >= 0.6 is 0 Å². The molecule has 2 aromatic rings. The van der Waals surface area contributed by atoms with Crippen LogP contribution < -0.4 is 10.6 Å². The summed E-state index contributed by atoms with van der Waals surface area (Å²) >= 11 is 0. The summed E-state index contributed by atoms with van der Waals surface area (Å²) in [6.07, 6.45) is 0. The van der Waals surface area contributed by atoms with Crippen molar-refractivity contribution in [2.45, 2.75) is 20.4 Å². The van der Waals surface area contributed by atoms with Gasteiger partial charge in [-0.3, -0.25) is 24.6 Å². The van der Waals surface area contributed by atoms with E-state index in [4.69, 9.17) is 0 Å². The minimum absolute atomic E-state index is 0.0131. The van der Waals surface area contributed by atoms with Gasteiger partial charge in [-0.25, -0.2) is 4.39 Å². The first kappa shape index (κ1) is 22.0. The van der Waals surface area contributed by atoms with E-state index >= 15 is 0 Å². The summed E-state index contributed by atoms with van der Waals surface area (Å²) in [5.41, 5.74) is 1.52. The number of amides is 2. The monoisotopic (exact) mass is 402 g/mol. The molecule has 0 heterocycles. The Hall–Kier alpha value is -3.33.